The third-order valence-electron chi connectivity index (χ3n) is 3.02. The predicted octanol–water partition coefficient (Wildman–Crippen LogP) is 1.89. The first-order chi connectivity index (χ1) is 11.3. The van der Waals surface area contributed by atoms with E-state index in [1.165, 1.54) is 0 Å². The molecule has 24 heavy (non-hydrogen) atoms. The molecule has 1 amide bonds. The SMILES string of the molecule is CCCNC(=O)CCNC(=NC)NCCCOCc1ccco1.I. The van der Waals surface area contributed by atoms with Crippen molar-refractivity contribution in [1.82, 2.24) is 16.0 Å². The Morgan fingerprint density at radius 3 is 2.71 bits per heavy atom. The number of ether oxygens (including phenoxy) is 1. The van der Waals surface area contributed by atoms with Crippen molar-refractivity contribution in [2.75, 3.05) is 33.3 Å². The Morgan fingerprint density at radius 1 is 1.25 bits per heavy atom. The highest BCUT2D eigenvalue weighted by Crippen LogP contribution is 2.01. The summed E-state index contributed by atoms with van der Waals surface area (Å²) >= 11 is 0. The fourth-order valence-electron chi connectivity index (χ4n) is 1.82. The van der Waals surface area contributed by atoms with Crippen LogP contribution in [0.4, 0.5) is 0 Å². The number of aliphatic imine (C=N–C) groups is 1. The third kappa shape index (κ3) is 11.3. The summed E-state index contributed by atoms with van der Waals surface area (Å²) in [5.74, 6) is 1.58. The molecule has 1 rings (SSSR count). The van der Waals surface area contributed by atoms with E-state index >= 15 is 0 Å². The van der Waals surface area contributed by atoms with Gasteiger partial charge >= 0.3 is 0 Å². The first-order valence-corrected chi connectivity index (χ1v) is 8.07. The number of carbonyl (C=O) groups excluding carboxylic acids is 1. The van der Waals surface area contributed by atoms with Crippen LogP contribution in [0.15, 0.2) is 27.8 Å². The standard InChI is InChI=1S/C16H28N4O3.HI/c1-3-8-18-15(21)7-10-20-16(17-2)19-9-5-11-22-13-14-6-4-12-23-14;/h4,6,12H,3,5,7-11,13H2,1-2H3,(H,18,21)(H2,17,19,20);1H. The Labute approximate surface area is 161 Å². The lowest BCUT2D eigenvalue weighted by Crippen LogP contribution is -2.40. The summed E-state index contributed by atoms with van der Waals surface area (Å²) in [5, 5.41) is 9.13. The number of hydrogen-bond acceptors (Lipinski definition) is 4. The number of nitrogens with one attached hydrogen (secondary N) is 3. The van der Waals surface area contributed by atoms with Gasteiger partial charge in [0, 0.05) is 39.7 Å². The Bertz CT molecular complexity index is 452. The lowest BCUT2D eigenvalue weighted by molar-refractivity contribution is -0.120. The van der Waals surface area contributed by atoms with E-state index < -0.39 is 0 Å². The molecular formula is C16H29IN4O3. The van der Waals surface area contributed by atoms with Crippen molar-refractivity contribution in [1.29, 1.82) is 0 Å². The van der Waals surface area contributed by atoms with Crippen molar-refractivity contribution in [3.05, 3.63) is 24.2 Å². The molecule has 1 heterocycles. The molecule has 1 aromatic heterocycles. The number of guanidine groups is 1. The first-order valence-electron chi connectivity index (χ1n) is 8.07. The van der Waals surface area contributed by atoms with Gasteiger partial charge in [0.2, 0.25) is 5.91 Å². The van der Waals surface area contributed by atoms with E-state index in [4.69, 9.17) is 9.15 Å². The molecular weight excluding hydrogens is 423 g/mol. The van der Waals surface area contributed by atoms with Gasteiger partial charge in [-0.25, -0.2) is 0 Å². The van der Waals surface area contributed by atoms with Crippen molar-refractivity contribution in [2.24, 2.45) is 4.99 Å². The van der Waals surface area contributed by atoms with Gasteiger partial charge in [0.25, 0.3) is 0 Å². The Balaban J connectivity index is 0.00000529. The summed E-state index contributed by atoms with van der Waals surface area (Å²) in [4.78, 5) is 15.6. The topological polar surface area (TPSA) is 87.9 Å². The van der Waals surface area contributed by atoms with E-state index in [2.05, 4.69) is 20.9 Å². The van der Waals surface area contributed by atoms with E-state index in [0.29, 0.717) is 32.1 Å². The average molecular weight is 452 g/mol. The molecule has 0 spiro atoms. The second-order valence-corrected chi connectivity index (χ2v) is 5.01. The largest absolute Gasteiger partial charge is 0.467 e. The van der Waals surface area contributed by atoms with Crippen LogP contribution < -0.4 is 16.0 Å². The molecule has 0 fully saturated rings. The summed E-state index contributed by atoms with van der Waals surface area (Å²) in [7, 11) is 1.71. The molecule has 3 N–H and O–H groups in total. The predicted molar refractivity (Wildman–Crippen MR) is 106 cm³/mol. The van der Waals surface area contributed by atoms with Crippen molar-refractivity contribution < 1.29 is 13.9 Å². The van der Waals surface area contributed by atoms with Crippen LogP contribution >= 0.6 is 24.0 Å². The zero-order valence-corrected chi connectivity index (χ0v) is 16.8. The van der Waals surface area contributed by atoms with Gasteiger partial charge in [-0.15, -0.1) is 24.0 Å². The maximum absolute atomic E-state index is 11.5. The minimum Gasteiger partial charge on any atom is -0.467 e. The highest BCUT2D eigenvalue weighted by atomic mass is 127. The van der Waals surface area contributed by atoms with E-state index in [1.54, 1.807) is 13.3 Å². The normalized spacial score (nSPS) is 10.8. The summed E-state index contributed by atoms with van der Waals surface area (Å²) in [6.07, 6.45) is 3.88. The van der Waals surface area contributed by atoms with Crippen molar-refractivity contribution >= 4 is 35.8 Å². The number of halogens is 1. The Morgan fingerprint density at radius 2 is 2.04 bits per heavy atom. The molecule has 0 bridgehead atoms. The lowest BCUT2D eigenvalue weighted by Gasteiger charge is -2.11. The fraction of sp³-hybridized carbons (Fsp3) is 0.625. The van der Waals surface area contributed by atoms with Gasteiger partial charge in [-0.2, -0.15) is 0 Å². The summed E-state index contributed by atoms with van der Waals surface area (Å²) < 4.78 is 10.7. The highest BCUT2D eigenvalue weighted by Gasteiger charge is 2.01. The molecule has 0 saturated heterocycles. The number of furan rings is 1. The molecule has 0 radical (unpaired) electrons. The van der Waals surface area contributed by atoms with Crippen LogP contribution in [0, 0.1) is 0 Å². The van der Waals surface area contributed by atoms with Gasteiger partial charge in [-0.3, -0.25) is 9.79 Å². The van der Waals surface area contributed by atoms with E-state index in [1.807, 2.05) is 19.1 Å². The molecule has 0 atom stereocenters. The van der Waals surface area contributed by atoms with Crippen LogP contribution in [-0.2, 0) is 16.1 Å². The summed E-state index contributed by atoms with van der Waals surface area (Å²) in [6.45, 7) is 5.20. The molecule has 0 saturated carbocycles. The van der Waals surface area contributed by atoms with Crippen LogP contribution in [0.5, 0.6) is 0 Å². The molecule has 0 aliphatic rings. The van der Waals surface area contributed by atoms with Gasteiger partial charge in [-0.1, -0.05) is 6.92 Å². The quantitative estimate of drug-likeness (QED) is 0.207. The van der Waals surface area contributed by atoms with Gasteiger partial charge in [-0.05, 0) is 25.0 Å². The minimum absolute atomic E-state index is 0. The van der Waals surface area contributed by atoms with Crippen molar-refractivity contribution in [2.45, 2.75) is 32.8 Å². The van der Waals surface area contributed by atoms with Crippen molar-refractivity contribution in [3.63, 3.8) is 0 Å². The number of amides is 1. The molecule has 0 aromatic carbocycles. The Kier molecular flexibility index (Phi) is 14.4. The zero-order chi connectivity index (χ0) is 16.8. The van der Waals surface area contributed by atoms with Crippen LogP contribution in [0.2, 0.25) is 0 Å². The number of carbonyl (C=O) groups is 1. The average Bonchev–Trinajstić information content (AvgIpc) is 3.07. The number of nitrogens with zero attached hydrogens (tertiary/aromatic N) is 1. The van der Waals surface area contributed by atoms with Gasteiger partial charge < -0.3 is 25.1 Å². The smallest absolute Gasteiger partial charge is 0.221 e. The molecule has 0 aliphatic heterocycles. The van der Waals surface area contributed by atoms with Gasteiger partial charge in [0.1, 0.15) is 12.4 Å². The second kappa shape index (κ2) is 15.3. The van der Waals surface area contributed by atoms with Crippen LogP contribution in [0.1, 0.15) is 31.9 Å². The molecule has 0 unspecified atom stereocenters. The molecule has 1 aromatic rings. The minimum atomic E-state index is 0. The Hall–Kier alpha value is -1.29. The van der Waals surface area contributed by atoms with Gasteiger partial charge in [0.05, 0.1) is 6.26 Å². The highest BCUT2D eigenvalue weighted by molar-refractivity contribution is 14.0. The third-order valence-corrected chi connectivity index (χ3v) is 3.02. The van der Waals surface area contributed by atoms with E-state index in [-0.39, 0.29) is 29.9 Å². The monoisotopic (exact) mass is 452 g/mol. The number of rotatable bonds is 11. The lowest BCUT2D eigenvalue weighted by atomic mass is 10.4. The van der Waals surface area contributed by atoms with Crippen molar-refractivity contribution in [3.8, 4) is 0 Å². The molecule has 7 nitrogen and oxygen atoms in total. The number of hydrogen-bond donors (Lipinski definition) is 3. The van der Waals surface area contributed by atoms with Crippen LogP contribution in [0.25, 0.3) is 0 Å². The summed E-state index contributed by atoms with van der Waals surface area (Å²) in [5.41, 5.74) is 0. The van der Waals surface area contributed by atoms with Crippen LogP contribution in [-0.4, -0.2) is 45.2 Å². The fourth-order valence-corrected chi connectivity index (χ4v) is 1.82. The zero-order valence-electron chi connectivity index (χ0n) is 14.5. The molecule has 8 heteroatoms. The molecule has 0 aliphatic carbocycles. The molecule has 138 valence electrons. The maximum Gasteiger partial charge on any atom is 0.221 e. The second-order valence-electron chi connectivity index (χ2n) is 5.01. The van der Waals surface area contributed by atoms with E-state index in [0.717, 1.165) is 31.7 Å². The maximum atomic E-state index is 11.5. The first kappa shape index (κ1) is 22.7. The summed E-state index contributed by atoms with van der Waals surface area (Å²) in [6, 6.07) is 3.74. The van der Waals surface area contributed by atoms with Gasteiger partial charge in [0.15, 0.2) is 5.96 Å². The van der Waals surface area contributed by atoms with Crippen LogP contribution in [0.3, 0.4) is 0 Å². The van der Waals surface area contributed by atoms with E-state index in [9.17, 15) is 4.79 Å².